The molecule has 0 radical (unpaired) electrons. The number of methoxy groups -OCH3 is 1. The Morgan fingerprint density at radius 3 is 2.89 bits per heavy atom. The van der Waals surface area contributed by atoms with Gasteiger partial charge in [0.25, 0.3) is 5.91 Å². The second-order valence-corrected chi connectivity index (χ2v) is 5.17. The summed E-state index contributed by atoms with van der Waals surface area (Å²) in [5, 5.41) is 10.6. The first-order chi connectivity index (χ1) is 8.60. The Bertz CT molecular complexity index is 587. The lowest BCUT2D eigenvalue weighted by Crippen LogP contribution is -2.13. The molecular weight excluding hydrogens is 320 g/mol. The van der Waals surface area contributed by atoms with Crippen LogP contribution in [0.4, 0.5) is 10.3 Å². The lowest BCUT2D eigenvalue weighted by molar-refractivity contribution is 0.102. The SMILES string of the molecule is COc1cc(Br)ccc1C(=O)Nc1nnc(N)s1. The van der Waals surface area contributed by atoms with Crippen LogP contribution < -0.4 is 15.8 Å². The fraction of sp³-hybridized carbons (Fsp3) is 0.100. The fourth-order valence-corrected chi connectivity index (χ4v) is 2.15. The number of hydrogen-bond donors (Lipinski definition) is 2. The highest BCUT2D eigenvalue weighted by molar-refractivity contribution is 9.10. The number of aromatic nitrogens is 2. The van der Waals surface area contributed by atoms with E-state index in [0.717, 1.165) is 15.8 Å². The fourth-order valence-electron chi connectivity index (χ4n) is 1.30. The van der Waals surface area contributed by atoms with Gasteiger partial charge in [0.2, 0.25) is 10.3 Å². The molecule has 2 aromatic rings. The van der Waals surface area contributed by atoms with E-state index < -0.39 is 0 Å². The molecule has 0 aliphatic carbocycles. The molecule has 2 rings (SSSR count). The number of carbonyl (C=O) groups is 1. The van der Waals surface area contributed by atoms with Gasteiger partial charge in [0.05, 0.1) is 12.7 Å². The number of hydrogen-bond acceptors (Lipinski definition) is 6. The van der Waals surface area contributed by atoms with Crippen molar-refractivity contribution in [3.8, 4) is 5.75 Å². The minimum atomic E-state index is -0.324. The van der Waals surface area contributed by atoms with E-state index in [2.05, 4.69) is 31.4 Å². The number of carbonyl (C=O) groups excluding carboxylic acids is 1. The van der Waals surface area contributed by atoms with Crippen LogP contribution in [0.1, 0.15) is 10.4 Å². The molecular formula is C10H9BrN4O2S. The number of halogens is 1. The summed E-state index contributed by atoms with van der Waals surface area (Å²) in [7, 11) is 1.50. The Morgan fingerprint density at radius 2 is 2.28 bits per heavy atom. The Labute approximate surface area is 115 Å². The van der Waals surface area contributed by atoms with Crippen molar-refractivity contribution in [1.29, 1.82) is 0 Å². The molecule has 18 heavy (non-hydrogen) atoms. The quantitative estimate of drug-likeness (QED) is 0.900. The van der Waals surface area contributed by atoms with Crippen LogP contribution >= 0.6 is 27.3 Å². The van der Waals surface area contributed by atoms with Crippen LogP contribution in [0.15, 0.2) is 22.7 Å². The molecule has 8 heteroatoms. The smallest absolute Gasteiger partial charge is 0.261 e. The summed E-state index contributed by atoms with van der Waals surface area (Å²) in [6.45, 7) is 0. The summed E-state index contributed by atoms with van der Waals surface area (Å²) in [5.74, 6) is 0.148. The topological polar surface area (TPSA) is 90.1 Å². The van der Waals surface area contributed by atoms with Crippen molar-refractivity contribution in [3.05, 3.63) is 28.2 Å². The second kappa shape index (κ2) is 5.32. The van der Waals surface area contributed by atoms with E-state index in [0.29, 0.717) is 21.6 Å². The zero-order chi connectivity index (χ0) is 13.1. The lowest BCUT2D eigenvalue weighted by atomic mass is 10.2. The number of benzene rings is 1. The van der Waals surface area contributed by atoms with Crippen LogP contribution in [-0.2, 0) is 0 Å². The molecule has 0 fully saturated rings. The van der Waals surface area contributed by atoms with Gasteiger partial charge in [-0.05, 0) is 18.2 Å². The monoisotopic (exact) mass is 328 g/mol. The molecule has 0 aliphatic rings. The number of rotatable bonds is 3. The Hall–Kier alpha value is -1.67. The van der Waals surface area contributed by atoms with Crippen molar-refractivity contribution >= 4 is 43.4 Å². The predicted octanol–water partition coefficient (Wildman–Crippen LogP) is 2.14. The molecule has 0 aliphatic heterocycles. The largest absolute Gasteiger partial charge is 0.496 e. The Balaban J connectivity index is 2.23. The van der Waals surface area contributed by atoms with Gasteiger partial charge in [-0.3, -0.25) is 10.1 Å². The van der Waals surface area contributed by atoms with Crippen LogP contribution in [0.25, 0.3) is 0 Å². The van der Waals surface area contributed by atoms with E-state index in [4.69, 9.17) is 10.5 Å². The van der Waals surface area contributed by atoms with Crippen molar-refractivity contribution < 1.29 is 9.53 Å². The van der Waals surface area contributed by atoms with Gasteiger partial charge in [0.1, 0.15) is 5.75 Å². The van der Waals surface area contributed by atoms with Crippen molar-refractivity contribution in [2.24, 2.45) is 0 Å². The van der Waals surface area contributed by atoms with E-state index >= 15 is 0 Å². The predicted molar refractivity (Wildman–Crippen MR) is 73.0 cm³/mol. The number of amides is 1. The zero-order valence-electron chi connectivity index (χ0n) is 9.31. The van der Waals surface area contributed by atoms with Crippen LogP contribution in [-0.4, -0.2) is 23.2 Å². The summed E-state index contributed by atoms with van der Waals surface area (Å²) in [5.41, 5.74) is 5.84. The minimum Gasteiger partial charge on any atom is -0.496 e. The van der Waals surface area contributed by atoms with E-state index in [1.807, 2.05) is 0 Å². The summed E-state index contributed by atoms with van der Waals surface area (Å²) >= 11 is 4.41. The number of anilines is 2. The third-order valence-corrected chi connectivity index (χ3v) is 3.23. The minimum absolute atomic E-state index is 0.299. The van der Waals surface area contributed by atoms with Gasteiger partial charge >= 0.3 is 0 Å². The van der Waals surface area contributed by atoms with Crippen molar-refractivity contribution in [2.75, 3.05) is 18.2 Å². The number of nitrogens with two attached hydrogens (primary N) is 1. The molecule has 3 N–H and O–H groups in total. The van der Waals surface area contributed by atoms with Crippen LogP contribution in [0, 0.1) is 0 Å². The molecule has 1 aromatic carbocycles. The van der Waals surface area contributed by atoms with Crippen molar-refractivity contribution in [3.63, 3.8) is 0 Å². The number of nitrogens with one attached hydrogen (secondary N) is 1. The molecule has 0 saturated heterocycles. The van der Waals surface area contributed by atoms with Gasteiger partial charge in [-0.2, -0.15) is 0 Å². The van der Waals surface area contributed by atoms with E-state index in [1.165, 1.54) is 7.11 Å². The highest BCUT2D eigenvalue weighted by Crippen LogP contribution is 2.25. The number of nitrogens with zero attached hydrogens (tertiary/aromatic N) is 2. The number of nitrogen functional groups attached to an aromatic ring is 1. The highest BCUT2D eigenvalue weighted by atomic mass is 79.9. The van der Waals surface area contributed by atoms with Crippen molar-refractivity contribution in [1.82, 2.24) is 10.2 Å². The summed E-state index contributed by atoms with van der Waals surface area (Å²) < 4.78 is 5.97. The maximum absolute atomic E-state index is 12.0. The lowest BCUT2D eigenvalue weighted by Gasteiger charge is -2.07. The molecule has 1 heterocycles. The van der Waals surface area contributed by atoms with Gasteiger partial charge in [0, 0.05) is 4.47 Å². The third-order valence-electron chi connectivity index (χ3n) is 2.07. The second-order valence-electron chi connectivity index (χ2n) is 3.24. The normalized spacial score (nSPS) is 10.1. The highest BCUT2D eigenvalue weighted by Gasteiger charge is 2.14. The molecule has 94 valence electrons. The first kappa shape index (κ1) is 12.8. The maximum atomic E-state index is 12.0. The van der Waals surface area contributed by atoms with Crippen LogP contribution in [0.3, 0.4) is 0 Å². The first-order valence-electron chi connectivity index (χ1n) is 4.84. The van der Waals surface area contributed by atoms with E-state index in [-0.39, 0.29) is 5.91 Å². The molecule has 0 atom stereocenters. The summed E-state index contributed by atoms with van der Waals surface area (Å²) in [6.07, 6.45) is 0. The maximum Gasteiger partial charge on any atom is 0.261 e. The Morgan fingerprint density at radius 1 is 1.50 bits per heavy atom. The average molecular weight is 329 g/mol. The molecule has 1 aromatic heterocycles. The zero-order valence-corrected chi connectivity index (χ0v) is 11.7. The van der Waals surface area contributed by atoms with Gasteiger partial charge in [-0.25, -0.2) is 0 Å². The number of ether oxygens (including phenoxy) is 1. The molecule has 0 unspecified atom stereocenters. The van der Waals surface area contributed by atoms with Gasteiger partial charge in [-0.1, -0.05) is 27.3 Å². The molecule has 1 amide bonds. The van der Waals surface area contributed by atoms with E-state index in [9.17, 15) is 4.79 Å². The third kappa shape index (κ3) is 2.77. The van der Waals surface area contributed by atoms with E-state index in [1.54, 1.807) is 18.2 Å². The van der Waals surface area contributed by atoms with Gasteiger partial charge in [-0.15, -0.1) is 10.2 Å². The molecule has 0 saturated carbocycles. The molecule has 0 bridgehead atoms. The molecule has 6 nitrogen and oxygen atoms in total. The van der Waals surface area contributed by atoms with Gasteiger partial charge < -0.3 is 10.5 Å². The first-order valence-corrected chi connectivity index (χ1v) is 6.45. The van der Waals surface area contributed by atoms with Crippen LogP contribution in [0.2, 0.25) is 0 Å². The molecule has 0 spiro atoms. The van der Waals surface area contributed by atoms with Crippen molar-refractivity contribution in [2.45, 2.75) is 0 Å². The standard InChI is InChI=1S/C10H9BrN4O2S/c1-17-7-4-5(11)2-3-6(7)8(16)13-10-15-14-9(12)18-10/h2-4H,1H3,(H2,12,14)(H,13,15,16). The van der Waals surface area contributed by atoms with Crippen LogP contribution in [0.5, 0.6) is 5.75 Å². The summed E-state index contributed by atoms with van der Waals surface area (Å²) in [4.78, 5) is 12.0. The van der Waals surface area contributed by atoms with Gasteiger partial charge in [0.15, 0.2) is 0 Å². The Kier molecular flexibility index (Phi) is 3.78. The summed E-state index contributed by atoms with van der Waals surface area (Å²) in [6, 6.07) is 5.12. The average Bonchev–Trinajstić information content (AvgIpc) is 2.74.